The molecule has 1 unspecified atom stereocenters. The molecule has 2 heterocycles. The van der Waals surface area contributed by atoms with Crippen LogP contribution >= 0.6 is 11.6 Å². The number of carboxylic acid groups (broad SMARTS) is 1. The van der Waals surface area contributed by atoms with E-state index in [1.54, 1.807) is 28.0 Å². The second-order valence-electron chi connectivity index (χ2n) is 10.1. The average Bonchev–Trinajstić information content (AvgIpc) is 2.89. The van der Waals surface area contributed by atoms with Crippen LogP contribution in [-0.4, -0.2) is 66.1 Å². The van der Waals surface area contributed by atoms with Gasteiger partial charge in [-0.3, -0.25) is 19.2 Å². The summed E-state index contributed by atoms with van der Waals surface area (Å²) in [6, 6.07) is 5.21. The lowest BCUT2D eigenvalue weighted by atomic mass is 9.92. The fraction of sp³-hybridized carbons (Fsp3) is 0.600. The number of amides is 2. The third-order valence-corrected chi connectivity index (χ3v) is 6.59. The Morgan fingerprint density at radius 1 is 1.20 bits per heavy atom. The summed E-state index contributed by atoms with van der Waals surface area (Å²) in [5, 5.41) is 9.51. The Bertz CT molecular complexity index is 973. The maximum Gasteiger partial charge on any atom is 0.303 e. The van der Waals surface area contributed by atoms with E-state index in [2.05, 4.69) is 0 Å². The van der Waals surface area contributed by atoms with Gasteiger partial charge in [0.15, 0.2) is 0 Å². The Balaban J connectivity index is 1.74. The van der Waals surface area contributed by atoms with E-state index in [-0.39, 0.29) is 50.3 Å². The molecular weight excluding hydrogens is 476 g/mol. The molecule has 0 aliphatic carbocycles. The minimum atomic E-state index is -0.977. The molecular formula is C25H33ClN2O7. The van der Waals surface area contributed by atoms with Crippen molar-refractivity contribution in [2.45, 2.75) is 59.2 Å². The van der Waals surface area contributed by atoms with Crippen LogP contribution in [0.4, 0.5) is 5.69 Å². The van der Waals surface area contributed by atoms with E-state index in [9.17, 15) is 19.2 Å². The number of ether oxygens (including phenoxy) is 2. The first-order valence-electron chi connectivity index (χ1n) is 11.8. The number of piperidine rings is 1. The Morgan fingerprint density at radius 2 is 1.89 bits per heavy atom. The summed E-state index contributed by atoms with van der Waals surface area (Å²) < 4.78 is 11.1. The Kier molecular flexibility index (Phi) is 8.77. The third kappa shape index (κ3) is 7.41. The molecule has 2 amide bonds. The van der Waals surface area contributed by atoms with Crippen molar-refractivity contribution in [2.24, 2.45) is 11.3 Å². The van der Waals surface area contributed by atoms with E-state index < -0.39 is 23.5 Å². The lowest BCUT2D eigenvalue weighted by molar-refractivity contribution is -0.145. The number of fused-ring (bicyclic) bond motifs is 1. The van der Waals surface area contributed by atoms with Crippen LogP contribution in [0.5, 0.6) is 0 Å². The van der Waals surface area contributed by atoms with Gasteiger partial charge in [0.1, 0.15) is 6.10 Å². The zero-order chi connectivity index (χ0) is 25.8. The molecule has 1 saturated heterocycles. The number of rotatable bonds is 8. The molecule has 0 bridgehead atoms. The second kappa shape index (κ2) is 11.4. The smallest absolute Gasteiger partial charge is 0.303 e. The number of aliphatic carboxylic acids is 1. The number of anilines is 1. The summed E-state index contributed by atoms with van der Waals surface area (Å²) >= 11 is 6.18. The highest BCUT2D eigenvalue weighted by atomic mass is 35.5. The first-order chi connectivity index (χ1) is 16.4. The fourth-order valence-corrected chi connectivity index (χ4v) is 4.68. The molecule has 3 rings (SSSR count). The van der Waals surface area contributed by atoms with Crippen LogP contribution in [-0.2, 0) is 35.3 Å². The van der Waals surface area contributed by atoms with Crippen molar-refractivity contribution >= 4 is 41.0 Å². The first-order valence-corrected chi connectivity index (χ1v) is 12.2. The molecule has 35 heavy (non-hydrogen) atoms. The van der Waals surface area contributed by atoms with E-state index in [1.165, 1.54) is 6.92 Å². The van der Waals surface area contributed by atoms with Crippen LogP contribution in [0.1, 0.15) is 52.0 Å². The molecule has 1 fully saturated rings. The van der Waals surface area contributed by atoms with Gasteiger partial charge in [0.2, 0.25) is 5.91 Å². The number of carbonyl (C=O) groups excluding carboxylic acids is 3. The molecule has 1 aromatic rings. The van der Waals surface area contributed by atoms with Crippen molar-refractivity contribution in [1.82, 2.24) is 4.90 Å². The number of likely N-dealkylation sites (tertiary alicyclic amines) is 1. The van der Waals surface area contributed by atoms with Gasteiger partial charge < -0.3 is 24.4 Å². The number of hydrogen-bond acceptors (Lipinski definition) is 6. The molecule has 1 atom stereocenters. The summed E-state index contributed by atoms with van der Waals surface area (Å²) in [5.74, 6) is -1.70. The lowest BCUT2D eigenvalue weighted by Crippen LogP contribution is -2.47. The number of halogens is 1. The van der Waals surface area contributed by atoms with Crippen LogP contribution in [0, 0.1) is 11.3 Å². The molecule has 1 N–H and O–H groups in total. The Labute approximate surface area is 210 Å². The largest absolute Gasteiger partial charge is 0.481 e. The first kappa shape index (κ1) is 26.9. The molecule has 2 aliphatic heterocycles. The van der Waals surface area contributed by atoms with E-state index in [4.69, 9.17) is 26.2 Å². The maximum atomic E-state index is 13.6. The average molecular weight is 509 g/mol. The highest BCUT2D eigenvalue weighted by molar-refractivity contribution is 6.30. The number of benzene rings is 1. The summed E-state index contributed by atoms with van der Waals surface area (Å²) in [5.41, 5.74) is 0.835. The van der Waals surface area contributed by atoms with Crippen molar-refractivity contribution in [3.8, 4) is 0 Å². The zero-order valence-corrected chi connectivity index (χ0v) is 21.2. The zero-order valence-electron chi connectivity index (χ0n) is 20.4. The van der Waals surface area contributed by atoms with Gasteiger partial charge in [0.25, 0.3) is 5.91 Å². The van der Waals surface area contributed by atoms with Crippen molar-refractivity contribution in [3.05, 3.63) is 28.8 Å². The molecule has 2 aliphatic rings. The summed E-state index contributed by atoms with van der Waals surface area (Å²) in [7, 11) is 0. The minimum Gasteiger partial charge on any atom is -0.481 e. The van der Waals surface area contributed by atoms with Crippen LogP contribution in [0.3, 0.4) is 0 Å². The molecule has 0 spiro atoms. The number of carbonyl (C=O) groups is 4. The number of nitrogens with zero attached hydrogens (tertiary/aromatic N) is 2. The van der Waals surface area contributed by atoms with Gasteiger partial charge in [-0.25, -0.2) is 0 Å². The quantitative estimate of drug-likeness (QED) is 0.536. The van der Waals surface area contributed by atoms with Gasteiger partial charge in [-0.2, -0.15) is 0 Å². The van der Waals surface area contributed by atoms with E-state index >= 15 is 0 Å². The molecule has 0 aromatic heterocycles. The highest BCUT2D eigenvalue weighted by Gasteiger charge is 2.37. The summed E-state index contributed by atoms with van der Waals surface area (Å²) in [6.07, 6.45) is 0.265. The number of hydrogen-bond donors (Lipinski definition) is 1. The van der Waals surface area contributed by atoms with Crippen LogP contribution in [0.25, 0.3) is 0 Å². The van der Waals surface area contributed by atoms with Crippen LogP contribution < -0.4 is 4.90 Å². The SMILES string of the molecule is CC(=O)OCC(C)(C)CN1C(=O)C(CC(=O)N2CCC(CC(=O)O)CC2)OCc2cc(Cl)ccc21. The molecule has 192 valence electrons. The molecule has 10 heteroatoms. The molecule has 1 aromatic carbocycles. The maximum absolute atomic E-state index is 13.6. The van der Waals surface area contributed by atoms with E-state index in [0.29, 0.717) is 36.6 Å². The normalized spacial score (nSPS) is 19.2. The Hall–Kier alpha value is -2.65. The van der Waals surface area contributed by atoms with Gasteiger partial charge in [-0.1, -0.05) is 25.4 Å². The highest BCUT2D eigenvalue weighted by Crippen LogP contribution is 2.33. The monoisotopic (exact) mass is 508 g/mol. The predicted molar refractivity (Wildman–Crippen MR) is 129 cm³/mol. The number of carboxylic acids is 1. The van der Waals surface area contributed by atoms with Crippen LogP contribution in [0.2, 0.25) is 5.02 Å². The molecule has 0 saturated carbocycles. The standard InChI is InChI=1S/C25H33ClN2O7/c1-16(29)35-15-25(2,3)14-28-20-5-4-19(26)11-18(20)13-34-21(24(28)33)12-22(30)27-8-6-17(7-9-27)10-23(31)32/h4-5,11,17,21H,6-10,12-15H2,1-3H3,(H,31,32). The van der Waals surface area contributed by atoms with Gasteiger partial charge >= 0.3 is 11.9 Å². The Morgan fingerprint density at radius 3 is 2.51 bits per heavy atom. The van der Waals surface area contributed by atoms with Gasteiger partial charge in [0.05, 0.1) is 19.6 Å². The molecule has 9 nitrogen and oxygen atoms in total. The van der Waals surface area contributed by atoms with E-state index in [1.807, 2.05) is 13.8 Å². The number of esters is 1. The van der Waals surface area contributed by atoms with Crippen LogP contribution in [0.15, 0.2) is 18.2 Å². The minimum absolute atomic E-state index is 0.0569. The summed E-state index contributed by atoms with van der Waals surface area (Å²) in [4.78, 5) is 52.2. The van der Waals surface area contributed by atoms with Gasteiger partial charge in [0, 0.05) is 54.7 Å². The van der Waals surface area contributed by atoms with E-state index in [0.717, 1.165) is 5.56 Å². The van der Waals surface area contributed by atoms with Crippen molar-refractivity contribution in [3.63, 3.8) is 0 Å². The van der Waals surface area contributed by atoms with Crippen molar-refractivity contribution in [1.29, 1.82) is 0 Å². The van der Waals surface area contributed by atoms with Gasteiger partial charge in [-0.15, -0.1) is 0 Å². The van der Waals surface area contributed by atoms with Gasteiger partial charge in [-0.05, 0) is 37.0 Å². The topological polar surface area (TPSA) is 113 Å². The second-order valence-corrected chi connectivity index (χ2v) is 10.5. The summed E-state index contributed by atoms with van der Waals surface area (Å²) in [6.45, 7) is 6.57. The fourth-order valence-electron chi connectivity index (χ4n) is 4.49. The third-order valence-electron chi connectivity index (χ3n) is 6.36. The molecule has 0 radical (unpaired) electrons. The lowest BCUT2D eigenvalue weighted by Gasteiger charge is -2.34. The van der Waals surface area contributed by atoms with Crippen molar-refractivity contribution < 1.29 is 33.8 Å². The van der Waals surface area contributed by atoms with Crippen molar-refractivity contribution in [2.75, 3.05) is 31.1 Å². The predicted octanol–water partition coefficient (Wildman–Crippen LogP) is 3.26.